The Balaban J connectivity index is 3.00. The molecule has 13 heavy (non-hydrogen) atoms. The molecule has 5 heteroatoms. The summed E-state index contributed by atoms with van der Waals surface area (Å²) in [7, 11) is 0. The first-order valence-corrected chi connectivity index (χ1v) is 4.33. The van der Waals surface area contributed by atoms with Gasteiger partial charge in [0.2, 0.25) is 5.91 Å². The summed E-state index contributed by atoms with van der Waals surface area (Å²) < 4.78 is 0. The second-order valence-corrected chi connectivity index (χ2v) is 2.85. The standard InChI is InChI=1S/C8H16N2O3/c9-7(11)6-10-5-3-1-2-4-8(12)13/h10H,1-6H2,(H2,9,11)(H,12,13). The molecule has 0 spiro atoms. The molecule has 0 atom stereocenters. The smallest absolute Gasteiger partial charge is 0.303 e. The summed E-state index contributed by atoms with van der Waals surface area (Å²) >= 11 is 0. The molecule has 0 aromatic heterocycles. The van der Waals surface area contributed by atoms with Gasteiger partial charge in [-0.1, -0.05) is 6.42 Å². The molecule has 0 radical (unpaired) electrons. The maximum Gasteiger partial charge on any atom is 0.303 e. The van der Waals surface area contributed by atoms with E-state index in [1.807, 2.05) is 0 Å². The van der Waals surface area contributed by atoms with Crippen LogP contribution in [0, 0.1) is 0 Å². The van der Waals surface area contributed by atoms with Gasteiger partial charge in [-0.15, -0.1) is 0 Å². The first kappa shape index (κ1) is 11.9. The van der Waals surface area contributed by atoms with Crippen LogP contribution in [0.5, 0.6) is 0 Å². The summed E-state index contributed by atoms with van der Waals surface area (Å²) in [4.78, 5) is 20.4. The lowest BCUT2D eigenvalue weighted by Crippen LogP contribution is -2.29. The molecule has 0 saturated heterocycles. The number of primary amides is 1. The lowest BCUT2D eigenvalue weighted by Gasteiger charge is -2.00. The number of amides is 1. The van der Waals surface area contributed by atoms with E-state index in [4.69, 9.17) is 10.8 Å². The molecule has 0 aliphatic heterocycles. The van der Waals surface area contributed by atoms with E-state index in [0.29, 0.717) is 13.0 Å². The Bertz CT molecular complexity index is 153. The summed E-state index contributed by atoms with van der Waals surface area (Å²) in [5, 5.41) is 11.2. The summed E-state index contributed by atoms with van der Waals surface area (Å²) in [5.41, 5.74) is 4.89. The first-order valence-electron chi connectivity index (χ1n) is 4.33. The lowest BCUT2D eigenvalue weighted by molar-refractivity contribution is -0.137. The van der Waals surface area contributed by atoms with Crippen LogP contribution >= 0.6 is 0 Å². The van der Waals surface area contributed by atoms with Crippen LogP contribution in [0.3, 0.4) is 0 Å². The van der Waals surface area contributed by atoms with Crippen LogP contribution in [0.15, 0.2) is 0 Å². The number of carbonyl (C=O) groups is 2. The number of nitrogens with one attached hydrogen (secondary N) is 1. The molecule has 0 fully saturated rings. The minimum Gasteiger partial charge on any atom is -0.481 e. The van der Waals surface area contributed by atoms with E-state index in [1.165, 1.54) is 0 Å². The quantitative estimate of drug-likeness (QED) is 0.456. The van der Waals surface area contributed by atoms with Crippen LogP contribution in [0.25, 0.3) is 0 Å². The van der Waals surface area contributed by atoms with Gasteiger partial charge >= 0.3 is 5.97 Å². The highest BCUT2D eigenvalue weighted by molar-refractivity contribution is 5.75. The number of carboxylic acid groups (broad SMARTS) is 1. The highest BCUT2D eigenvalue weighted by Gasteiger charge is 1.96. The van der Waals surface area contributed by atoms with Gasteiger partial charge in [-0.2, -0.15) is 0 Å². The largest absolute Gasteiger partial charge is 0.481 e. The number of unbranched alkanes of at least 4 members (excludes halogenated alkanes) is 2. The number of rotatable bonds is 8. The van der Waals surface area contributed by atoms with Crippen molar-refractivity contribution < 1.29 is 14.7 Å². The fourth-order valence-electron chi connectivity index (χ4n) is 0.915. The molecule has 0 bridgehead atoms. The molecule has 0 aromatic carbocycles. The van der Waals surface area contributed by atoms with Crippen LogP contribution in [0.4, 0.5) is 0 Å². The number of nitrogens with two attached hydrogens (primary N) is 1. The first-order chi connectivity index (χ1) is 6.13. The van der Waals surface area contributed by atoms with E-state index < -0.39 is 5.97 Å². The monoisotopic (exact) mass is 188 g/mol. The van der Waals surface area contributed by atoms with Gasteiger partial charge in [0, 0.05) is 6.42 Å². The second kappa shape index (κ2) is 7.54. The normalized spacial score (nSPS) is 9.85. The number of carbonyl (C=O) groups excluding carboxylic acids is 1. The van der Waals surface area contributed by atoms with Gasteiger partial charge in [-0.05, 0) is 19.4 Å². The Kier molecular flexibility index (Phi) is 6.91. The van der Waals surface area contributed by atoms with E-state index in [1.54, 1.807) is 0 Å². The number of aliphatic carboxylic acids is 1. The molecule has 0 saturated carbocycles. The highest BCUT2D eigenvalue weighted by atomic mass is 16.4. The van der Waals surface area contributed by atoms with Gasteiger partial charge < -0.3 is 16.2 Å². The predicted octanol–water partition coefficient (Wildman–Crippen LogP) is -0.294. The minimum absolute atomic E-state index is 0.193. The summed E-state index contributed by atoms with van der Waals surface area (Å²) in [5.74, 6) is -1.13. The number of carboxylic acids is 1. The predicted molar refractivity (Wildman–Crippen MR) is 48.2 cm³/mol. The van der Waals surface area contributed by atoms with Crippen molar-refractivity contribution >= 4 is 11.9 Å². The van der Waals surface area contributed by atoms with E-state index in [2.05, 4.69) is 5.32 Å². The van der Waals surface area contributed by atoms with Crippen molar-refractivity contribution in [2.75, 3.05) is 13.1 Å². The molecule has 1 amide bonds. The van der Waals surface area contributed by atoms with Gasteiger partial charge in [0.15, 0.2) is 0 Å². The Morgan fingerprint density at radius 3 is 2.46 bits per heavy atom. The molecule has 5 nitrogen and oxygen atoms in total. The molecule has 0 aliphatic carbocycles. The average Bonchev–Trinajstić information content (AvgIpc) is 2.01. The molecular weight excluding hydrogens is 172 g/mol. The molecule has 0 aromatic rings. The van der Waals surface area contributed by atoms with Crippen LogP contribution in [0.1, 0.15) is 25.7 Å². The van der Waals surface area contributed by atoms with Crippen LogP contribution in [-0.4, -0.2) is 30.1 Å². The van der Waals surface area contributed by atoms with Crippen molar-refractivity contribution in [2.24, 2.45) is 5.73 Å². The summed E-state index contributed by atoms with van der Waals surface area (Å²) in [6, 6.07) is 0. The molecule has 0 aliphatic rings. The summed E-state index contributed by atoms with van der Waals surface area (Å²) in [6.45, 7) is 0.904. The minimum atomic E-state index is -0.759. The zero-order valence-electron chi connectivity index (χ0n) is 7.58. The van der Waals surface area contributed by atoms with Gasteiger partial charge in [-0.25, -0.2) is 0 Å². The fraction of sp³-hybridized carbons (Fsp3) is 0.750. The third-order valence-electron chi connectivity index (χ3n) is 1.54. The van der Waals surface area contributed by atoms with E-state index in [9.17, 15) is 9.59 Å². The van der Waals surface area contributed by atoms with Gasteiger partial charge in [-0.3, -0.25) is 9.59 Å². The maximum absolute atomic E-state index is 10.3. The fourth-order valence-corrected chi connectivity index (χ4v) is 0.915. The van der Waals surface area contributed by atoms with E-state index >= 15 is 0 Å². The number of hydrogen-bond donors (Lipinski definition) is 3. The Hall–Kier alpha value is -1.10. The third kappa shape index (κ3) is 10.9. The topological polar surface area (TPSA) is 92.4 Å². The molecule has 0 rings (SSSR count). The SMILES string of the molecule is NC(=O)CNCCCCCC(=O)O. The van der Waals surface area contributed by atoms with Crippen molar-refractivity contribution in [1.82, 2.24) is 5.32 Å². The molecule has 0 heterocycles. The van der Waals surface area contributed by atoms with E-state index in [-0.39, 0.29) is 18.9 Å². The van der Waals surface area contributed by atoms with Crippen LogP contribution in [-0.2, 0) is 9.59 Å². The Morgan fingerprint density at radius 1 is 1.23 bits per heavy atom. The van der Waals surface area contributed by atoms with Gasteiger partial charge in [0.1, 0.15) is 0 Å². The third-order valence-corrected chi connectivity index (χ3v) is 1.54. The zero-order chi connectivity index (χ0) is 10.1. The van der Waals surface area contributed by atoms with E-state index in [0.717, 1.165) is 12.8 Å². The van der Waals surface area contributed by atoms with Crippen LogP contribution < -0.4 is 11.1 Å². The highest BCUT2D eigenvalue weighted by Crippen LogP contribution is 1.98. The molecule has 76 valence electrons. The Morgan fingerprint density at radius 2 is 1.92 bits per heavy atom. The second-order valence-electron chi connectivity index (χ2n) is 2.85. The van der Waals surface area contributed by atoms with Crippen molar-refractivity contribution in [2.45, 2.75) is 25.7 Å². The lowest BCUT2D eigenvalue weighted by atomic mass is 10.2. The van der Waals surface area contributed by atoms with Crippen molar-refractivity contribution in [3.05, 3.63) is 0 Å². The molecular formula is C8H16N2O3. The maximum atomic E-state index is 10.3. The molecule has 4 N–H and O–H groups in total. The van der Waals surface area contributed by atoms with Crippen LogP contribution in [0.2, 0.25) is 0 Å². The average molecular weight is 188 g/mol. The molecule has 0 unspecified atom stereocenters. The van der Waals surface area contributed by atoms with Crippen molar-refractivity contribution in [3.8, 4) is 0 Å². The number of hydrogen-bond acceptors (Lipinski definition) is 3. The summed E-state index contributed by atoms with van der Waals surface area (Å²) in [6.07, 6.45) is 2.64. The zero-order valence-corrected chi connectivity index (χ0v) is 7.58. The van der Waals surface area contributed by atoms with Gasteiger partial charge in [0.25, 0.3) is 0 Å². The van der Waals surface area contributed by atoms with Crippen molar-refractivity contribution in [3.63, 3.8) is 0 Å². The Labute approximate surface area is 77.3 Å². The van der Waals surface area contributed by atoms with Crippen molar-refractivity contribution in [1.29, 1.82) is 0 Å². The van der Waals surface area contributed by atoms with Gasteiger partial charge in [0.05, 0.1) is 6.54 Å².